The van der Waals surface area contributed by atoms with E-state index in [-0.39, 0.29) is 17.5 Å². The fourth-order valence-electron chi connectivity index (χ4n) is 3.02. The van der Waals surface area contributed by atoms with Gasteiger partial charge >= 0.3 is 0 Å². The maximum absolute atomic E-state index is 14.3. The first-order valence-electron chi connectivity index (χ1n) is 8.16. The van der Waals surface area contributed by atoms with Gasteiger partial charge in [-0.05, 0) is 37.1 Å². The topological polar surface area (TPSA) is 58.6 Å². The third kappa shape index (κ3) is 3.40. The SMILES string of the molecule is COc1ccc(C(=O)N2CCCC2c2ccc(N(C)C)nn2)c(F)c1. The highest BCUT2D eigenvalue weighted by Gasteiger charge is 2.33. The first kappa shape index (κ1) is 17.1. The number of carbonyl (C=O) groups excluding carboxylic acids is 1. The molecule has 2 aromatic rings. The number of rotatable bonds is 4. The second-order valence-corrected chi connectivity index (χ2v) is 6.21. The Kier molecular flexibility index (Phi) is 4.83. The van der Waals surface area contributed by atoms with E-state index in [1.54, 1.807) is 11.0 Å². The lowest BCUT2D eigenvalue weighted by atomic mass is 10.1. The van der Waals surface area contributed by atoms with Crippen LogP contribution in [0.25, 0.3) is 0 Å². The Morgan fingerprint density at radius 1 is 1.28 bits per heavy atom. The molecule has 0 bridgehead atoms. The van der Waals surface area contributed by atoms with Gasteiger partial charge in [0.2, 0.25) is 0 Å². The average molecular weight is 344 g/mol. The lowest BCUT2D eigenvalue weighted by Crippen LogP contribution is -2.31. The molecule has 2 heterocycles. The molecule has 7 heteroatoms. The third-order valence-electron chi connectivity index (χ3n) is 4.39. The Bertz CT molecular complexity index is 764. The molecule has 0 N–H and O–H groups in total. The van der Waals surface area contributed by atoms with E-state index in [4.69, 9.17) is 4.74 Å². The minimum atomic E-state index is -0.580. The second kappa shape index (κ2) is 7.04. The van der Waals surface area contributed by atoms with Gasteiger partial charge in [0.15, 0.2) is 5.82 Å². The summed E-state index contributed by atoms with van der Waals surface area (Å²) in [5.74, 6) is 0.225. The van der Waals surface area contributed by atoms with Crippen LogP contribution in [0, 0.1) is 5.82 Å². The molecule has 6 nitrogen and oxygen atoms in total. The monoisotopic (exact) mass is 344 g/mol. The van der Waals surface area contributed by atoms with Crippen LogP contribution < -0.4 is 9.64 Å². The summed E-state index contributed by atoms with van der Waals surface area (Å²) >= 11 is 0. The Labute approximate surface area is 146 Å². The summed E-state index contributed by atoms with van der Waals surface area (Å²) in [5, 5.41) is 8.44. The second-order valence-electron chi connectivity index (χ2n) is 6.21. The predicted molar refractivity (Wildman–Crippen MR) is 92.3 cm³/mol. The van der Waals surface area contributed by atoms with Gasteiger partial charge in [-0.3, -0.25) is 4.79 Å². The number of likely N-dealkylation sites (tertiary alicyclic amines) is 1. The Morgan fingerprint density at radius 3 is 2.68 bits per heavy atom. The van der Waals surface area contributed by atoms with Crippen molar-refractivity contribution in [3.8, 4) is 5.75 Å². The fourth-order valence-corrected chi connectivity index (χ4v) is 3.02. The summed E-state index contributed by atoms with van der Waals surface area (Å²) in [4.78, 5) is 16.3. The van der Waals surface area contributed by atoms with E-state index < -0.39 is 5.82 Å². The van der Waals surface area contributed by atoms with Crippen molar-refractivity contribution >= 4 is 11.7 Å². The Morgan fingerprint density at radius 2 is 2.08 bits per heavy atom. The van der Waals surface area contributed by atoms with Gasteiger partial charge in [0.25, 0.3) is 5.91 Å². The molecule has 25 heavy (non-hydrogen) atoms. The van der Waals surface area contributed by atoms with Crippen LogP contribution in [0.5, 0.6) is 5.75 Å². The van der Waals surface area contributed by atoms with Crippen molar-refractivity contribution in [2.75, 3.05) is 32.6 Å². The lowest BCUT2D eigenvalue weighted by molar-refractivity contribution is 0.0727. The van der Waals surface area contributed by atoms with Crippen LogP contribution in [0.1, 0.15) is 34.9 Å². The highest BCUT2D eigenvalue weighted by molar-refractivity contribution is 5.95. The molecule has 0 spiro atoms. The number of ether oxygens (including phenoxy) is 1. The van der Waals surface area contributed by atoms with Crippen LogP contribution in [-0.2, 0) is 0 Å². The van der Waals surface area contributed by atoms with Crippen molar-refractivity contribution in [1.82, 2.24) is 15.1 Å². The summed E-state index contributed by atoms with van der Waals surface area (Å²) in [7, 11) is 5.24. The molecule has 1 saturated heterocycles. The highest BCUT2D eigenvalue weighted by Crippen LogP contribution is 2.33. The molecule has 1 aliphatic heterocycles. The summed E-state index contributed by atoms with van der Waals surface area (Å²) < 4.78 is 19.2. The van der Waals surface area contributed by atoms with Crippen LogP contribution >= 0.6 is 0 Å². The van der Waals surface area contributed by atoms with Crippen LogP contribution in [0.4, 0.5) is 10.2 Å². The molecule has 1 fully saturated rings. The van der Waals surface area contributed by atoms with Crippen LogP contribution in [0.2, 0.25) is 0 Å². The number of halogens is 1. The van der Waals surface area contributed by atoms with E-state index in [1.165, 1.54) is 19.2 Å². The molecule has 1 amide bonds. The van der Waals surface area contributed by atoms with E-state index in [2.05, 4.69) is 10.2 Å². The number of nitrogens with zero attached hydrogens (tertiary/aromatic N) is 4. The number of carbonyl (C=O) groups is 1. The molecule has 1 unspecified atom stereocenters. The van der Waals surface area contributed by atoms with E-state index in [0.717, 1.165) is 24.4 Å². The summed E-state index contributed by atoms with van der Waals surface area (Å²) in [6.45, 7) is 0.575. The highest BCUT2D eigenvalue weighted by atomic mass is 19.1. The lowest BCUT2D eigenvalue weighted by Gasteiger charge is -2.24. The molecule has 1 aromatic heterocycles. The minimum absolute atomic E-state index is 0.0468. The van der Waals surface area contributed by atoms with Crippen molar-refractivity contribution in [3.05, 3.63) is 47.4 Å². The largest absolute Gasteiger partial charge is 0.497 e. The molecule has 1 aromatic carbocycles. The molecule has 0 radical (unpaired) electrons. The zero-order valence-electron chi connectivity index (χ0n) is 14.6. The van der Waals surface area contributed by atoms with Crippen LogP contribution in [0.15, 0.2) is 30.3 Å². The van der Waals surface area contributed by atoms with Gasteiger partial charge in [0.05, 0.1) is 24.4 Å². The van der Waals surface area contributed by atoms with Gasteiger partial charge in [0.1, 0.15) is 11.6 Å². The van der Waals surface area contributed by atoms with Crippen molar-refractivity contribution in [1.29, 1.82) is 0 Å². The number of methoxy groups -OCH3 is 1. The molecule has 0 saturated carbocycles. The number of amides is 1. The van der Waals surface area contributed by atoms with Gasteiger partial charge in [-0.15, -0.1) is 5.10 Å². The summed E-state index contributed by atoms with van der Waals surface area (Å²) in [6.07, 6.45) is 1.64. The van der Waals surface area contributed by atoms with Gasteiger partial charge in [-0.2, -0.15) is 5.10 Å². The van der Waals surface area contributed by atoms with E-state index in [0.29, 0.717) is 12.3 Å². The van der Waals surface area contributed by atoms with Crippen molar-refractivity contribution < 1.29 is 13.9 Å². The third-order valence-corrected chi connectivity index (χ3v) is 4.39. The number of anilines is 1. The van der Waals surface area contributed by atoms with Crippen molar-refractivity contribution in [2.24, 2.45) is 0 Å². The number of hydrogen-bond donors (Lipinski definition) is 0. The molecule has 132 valence electrons. The number of hydrogen-bond acceptors (Lipinski definition) is 5. The van der Waals surface area contributed by atoms with Crippen molar-refractivity contribution in [3.63, 3.8) is 0 Å². The zero-order chi connectivity index (χ0) is 18.0. The first-order valence-corrected chi connectivity index (χ1v) is 8.16. The summed E-state index contributed by atoms with van der Waals surface area (Å²) in [6, 6.07) is 7.85. The maximum atomic E-state index is 14.3. The van der Waals surface area contributed by atoms with Gasteiger partial charge in [0, 0.05) is 26.7 Å². The maximum Gasteiger partial charge on any atom is 0.257 e. The van der Waals surface area contributed by atoms with Crippen LogP contribution in [-0.4, -0.2) is 48.8 Å². The standard InChI is InChI=1S/C18H21FN4O2/c1-22(2)17-9-8-15(20-21-17)16-5-4-10-23(16)18(24)13-7-6-12(25-3)11-14(13)19/h6-9,11,16H,4-5,10H2,1-3H3. The van der Waals surface area contributed by atoms with Gasteiger partial charge < -0.3 is 14.5 Å². The van der Waals surface area contributed by atoms with Gasteiger partial charge in [-0.25, -0.2) is 4.39 Å². The fraction of sp³-hybridized carbons (Fsp3) is 0.389. The predicted octanol–water partition coefficient (Wildman–Crippen LogP) is 2.67. The van der Waals surface area contributed by atoms with E-state index in [9.17, 15) is 9.18 Å². The van der Waals surface area contributed by atoms with E-state index in [1.807, 2.05) is 31.1 Å². The molecule has 0 aliphatic carbocycles. The quantitative estimate of drug-likeness (QED) is 0.853. The summed E-state index contributed by atoms with van der Waals surface area (Å²) in [5.41, 5.74) is 0.774. The average Bonchev–Trinajstić information content (AvgIpc) is 3.10. The molecule has 1 aliphatic rings. The first-order chi connectivity index (χ1) is 12.0. The van der Waals surface area contributed by atoms with E-state index >= 15 is 0 Å². The Balaban J connectivity index is 1.84. The van der Waals surface area contributed by atoms with Crippen molar-refractivity contribution in [2.45, 2.75) is 18.9 Å². The van der Waals surface area contributed by atoms with Crippen LogP contribution in [0.3, 0.4) is 0 Å². The number of aromatic nitrogens is 2. The minimum Gasteiger partial charge on any atom is -0.497 e. The molecule has 1 atom stereocenters. The number of benzene rings is 1. The smallest absolute Gasteiger partial charge is 0.257 e. The normalized spacial score (nSPS) is 16.8. The zero-order valence-corrected chi connectivity index (χ0v) is 14.6. The molecular weight excluding hydrogens is 323 g/mol. The Hall–Kier alpha value is -2.70. The molecular formula is C18H21FN4O2. The van der Waals surface area contributed by atoms with Gasteiger partial charge in [-0.1, -0.05) is 0 Å². The molecule has 3 rings (SSSR count).